The van der Waals surface area contributed by atoms with Crippen LogP contribution in [0, 0.1) is 23.0 Å². The van der Waals surface area contributed by atoms with Gasteiger partial charge < -0.3 is 14.8 Å². The van der Waals surface area contributed by atoms with E-state index in [-0.39, 0.29) is 12.0 Å². The van der Waals surface area contributed by atoms with Crippen molar-refractivity contribution < 1.29 is 31.8 Å². The number of hydrogen-bond acceptors (Lipinski definition) is 5. The van der Waals surface area contributed by atoms with Crippen LogP contribution >= 0.6 is 0 Å². The summed E-state index contributed by atoms with van der Waals surface area (Å²) in [5.74, 6) is -3.58. The second kappa shape index (κ2) is 10.4. The average Bonchev–Trinajstić information content (AvgIpc) is 3.12. The Kier molecular flexibility index (Phi) is 7.91. The summed E-state index contributed by atoms with van der Waals surface area (Å²) < 4.78 is 57.0. The molecule has 29 heavy (non-hydrogen) atoms. The third-order valence-electron chi connectivity index (χ3n) is 3.79. The van der Waals surface area contributed by atoms with E-state index in [9.17, 15) is 22.4 Å². The lowest BCUT2D eigenvalue weighted by Crippen LogP contribution is -2.27. The van der Waals surface area contributed by atoms with Crippen LogP contribution in [0.1, 0.15) is 25.3 Å². The van der Waals surface area contributed by atoms with Gasteiger partial charge >= 0.3 is 6.61 Å². The number of carbonyl (C=O) groups is 1. The Bertz CT molecular complexity index is 889. The SMILES string of the molecule is CC1CCC(C(=O)Nc2cncc(C#N)c2)O1.Fc1cccc(OC(F)F)c1F. The first-order chi connectivity index (χ1) is 13.8. The van der Waals surface area contributed by atoms with Gasteiger partial charge in [-0.05, 0) is 38.0 Å². The number of amides is 1. The molecule has 1 fully saturated rings. The molecule has 1 aliphatic heterocycles. The largest absolute Gasteiger partial charge is 0.432 e. The van der Waals surface area contributed by atoms with Crippen LogP contribution in [0.2, 0.25) is 0 Å². The van der Waals surface area contributed by atoms with Gasteiger partial charge in [0.05, 0.1) is 23.6 Å². The molecule has 2 unspecified atom stereocenters. The van der Waals surface area contributed by atoms with Crippen molar-refractivity contribution in [2.75, 3.05) is 5.32 Å². The Morgan fingerprint density at radius 1 is 1.34 bits per heavy atom. The number of aromatic nitrogens is 1. The number of anilines is 1. The molecule has 1 amide bonds. The number of halogens is 4. The van der Waals surface area contributed by atoms with Gasteiger partial charge in [0, 0.05) is 6.20 Å². The van der Waals surface area contributed by atoms with Gasteiger partial charge in [-0.1, -0.05) is 6.07 Å². The Morgan fingerprint density at radius 2 is 2.10 bits per heavy atom. The third kappa shape index (κ3) is 6.73. The fourth-order valence-corrected chi connectivity index (χ4v) is 2.46. The average molecular weight is 411 g/mol. The van der Waals surface area contributed by atoms with Crippen molar-refractivity contribution in [2.24, 2.45) is 0 Å². The monoisotopic (exact) mass is 411 g/mol. The molecule has 1 N–H and O–H groups in total. The van der Waals surface area contributed by atoms with Gasteiger partial charge in [-0.25, -0.2) is 4.39 Å². The summed E-state index contributed by atoms with van der Waals surface area (Å²) in [6.45, 7) is -1.20. The molecule has 10 heteroatoms. The van der Waals surface area contributed by atoms with Gasteiger partial charge in [0.15, 0.2) is 11.6 Å². The zero-order chi connectivity index (χ0) is 21.4. The molecule has 2 heterocycles. The Labute approximate surface area is 164 Å². The lowest BCUT2D eigenvalue weighted by atomic mass is 10.2. The first-order valence-corrected chi connectivity index (χ1v) is 8.50. The van der Waals surface area contributed by atoms with Crippen molar-refractivity contribution in [1.82, 2.24) is 4.98 Å². The number of benzene rings is 1. The van der Waals surface area contributed by atoms with E-state index in [4.69, 9.17) is 10.00 Å². The number of hydrogen-bond donors (Lipinski definition) is 1. The summed E-state index contributed by atoms with van der Waals surface area (Å²) in [6.07, 6.45) is 4.33. The van der Waals surface area contributed by atoms with E-state index >= 15 is 0 Å². The van der Waals surface area contributed by atoms with Crippen LogP contribution < -0.4 is 10.1 Å². The second-order valence-corrected chi connectivity index (χ2v) is 6.01. The standard InChI is InChI=1S/C12H13N3O2.C7H4F4O/c1-8-2-3-11(17-8)12(16)15-10-4-9(5-13)6-14-7-10;8-4-2-1-3-5(6(4)9)12-7(10)11/h4,6-8,11H,2-3H2,1H3,(H,15,16);1-3,7H. The number of nitrogens with one attached hydrogen (secondary N) is 1. The number of ether oxygens (including phenoxy) is 2. The van der Waals surface area contributed by atoms with Gasteiger partial charge in [0.2, 0.25) is 5.82 Å². The number of alkyl halides is 2. The van der Waals surface area contributed by atoms with Crippen molar-refractivity contribution >= 4 is 11.6 Å². The Balaban J connectivity index is 0.000000221. The van der Waals surface area contributed by atoms with Crippen molar-refractivity contribution in [3.8, 4) is 11.8 Å². The molecule has 6 nitrogen and oxygen atoms in total. The van der Waals surface area contributed by atoms with Crippen LogP contribution in [-0.2, 0) is 9.53 Å². The predicted molar refractivity (Wildman–Crippen MR) is 94.1 cm³/mol. The van der Waals surface area contributed by atoms with E-state index in [1.165, 1.54) is 12.4 Å². The first-order valence-electron chi connectivity index (χ1n) is 8.50. The number of nitrogens with zero attached hydrogens (tertiary/aromatic N) is 2. The second-order valence-electron chi connectivity index (χ2n) is 6.01. The number of rotatable bonds is 4. The highest BCUT2D eigenvalue weighted by molar-refractivity contribution is 5.94. The van der Waals surface area contributed by atoms with Crippen LogP contribution in [0.5, 0.6) is 5.75 Å². The molecule has 2 atom stereocenters. The minimum Gasteiger partial charge on any atom is -0.432 e. The molecule has 0 saturated carbocycles. The smallest absolute Gasteiger partial charge is 0.387 e. The molecule has 0 spiro atoms. The maximum atomic E-state index is 12.5. The topological polar surface area (TPSA) is 84.2 Å². The quantitative estimate of drug-likeness (QED) is 0.768. The minimum atomic E-state index is -3.15. The van der Waals surface area contributed by atoms with Gasteiger partial charge in [-0.2, -0.15) is 18.4 Å². The van der Waals surface area contributed by atoms with E-state index < -0.39 is 30.1 Å². The van der Waals surface area contributed by atoms with Crippen LogP contribution in [0.25, 0.3) is 0 Å². The molecular weight excluding hydrogens is 394 g/mol. The first kappa shape index (κ1) is 22.1. The van der Waals surface area contributed by atoms with Gasteiger partial charge in [0.25, 0.3) is 5.91 Å². The third-order valence-corrected chi connectivity index (χ3v) is 3.79. The van der Waals surface area contributed by atoms with Crippen molar-refractivity contribution in [2.45, 2.75) is 38.6 Å². The molecule has 1 aliphatic rings. The van der Waals surface area contributed by atoms with E-state index in [0.29, 0.717) is 11.3 Å². The number of nitriles is 1. The summed E-state index contributed by atoms with van der Waals surface area (Å²) in [4.78, 5) is 15.7. The fourth-order valence-electron chi connectivity index (χ4n) is 2.46. The van der Waals surface area contributed by atoms with Crippen LogP contribution in [-0.4, -0.2) is 29.7 Å². The van der Waals surface area contributed by atoms with E-state index in [1.807, 2.05) is 13.0 Å². The molecule has 1 aromatic heterocycles. The summed E-state index contributed by atoms with van der Waals surface area (Å²) in [6, 6.07) is 6.37. The van der Waals surface area contributed by atoms with Crippen molar-refractivity contribution in [3.63, 3.8) is 0 Å². The molecule has 2 aromatic rings. The maximum Gasteiger partial charge on any atom is 0.387 e. The number of carbonyl (C=O) groups excluding carboxylic acids is 1. The maximum absolute atomic E-state index is 12.5. The highest BCUT2D eigenvalue weighted by Crippen LogP contribution is 2.21. The highest BCUT2D eigenvalue weighted by atomic mass is 19.3. The molecule has 1 saturated heterocycles. The summed E-state index contributed by atoms with van der Waals surface area (Å²) in [7, 11) is 0. The van der Waals surface area contributed by atoms with Crippen molar-refractivity contribution in [1.29, 1.82) is 5.26 Å². The summed E-state index contributed by atoms with van der Waals surface area (Å²) in [5.41, 5.74) is 0.945. The predicted octanol–water partition coefficient (Wildman–Crippen LogP) is 4.03. The lowest BCUT2D eigenvalue weighted by molar-refractivity contribution is -0.126. The minimum absolute atomic E-state index is 0.134. The molecule has 0 radical (unpaired) electrons. The number of pyridine rings is 1. The normalized spacial score (nSPS) is 17.8. The van der Waals surface area contributed by atoms with Crippen LogP contribution in [0.15, 0.2) is 36.7 Å². The Morgan fingerprint density at radius 3 is 2.72 bits per heavy atom. The van der Waals surface area contributed by atoms with E-state index in [0.717, 1.165) is 31.0 Å². The fraction of sp³-hybridized carbons (Fsp3) is 0.316. The van der Waals surface area contributed by atoms with Crippen LogP contribution in [0.4, 0.5) is 23.2 Å². The molecule has 1 aromatic carbocycles. The van der Waals surface area contributed by atoms with Gasteiger partial charge in [-0.3, -0.25) is 9.78 Å². The van der Waals surface area contributed by atoms with Gasteiger partial charge in [0.1, 0.15) is 12.2 Å². The van der Waals surface area contributed by atoms with E-state index in [1.54, 1.807) is 6.07 Å². The zero-order valence-electron chi connectivity index (χ0n) is 15.2. The van der Waals surface area contributed by atoms with Crippen molar-refractivity contribution in [3.05, 3.63) is 53.9 Å². The van der Waals surface area contributed by atoms with Gasteiger partial charge in [-0.15, -0.1) is 0 Å². The Hall–Kier alpha value is -3.19. The van der Waals surface area contributed by atoms with Crippen LogP contribution in [0.3, 0.4) is 0 Å². The van der Waals surface area contributed by atoms with E-state index in [2.05, 4.69) is 15.0 Å². The summed E-state index contributed by atoms with van der Waals surface area (Å²) >= 11 is 0. The molecular formula is C19H17F4N3O3. The highest BCUT2D eigenvalue weighted by Gasteiger charge is 2.28. The molecule has 0 aliphatic carbocycles. The zero-order valence-corrected chi connectivity index (χ0v) is 15.2. The lowest BCUT2D eigenvalue weighted by Gasteiger charge is -2.11. The molecule has 154 valence electrons. The molecule has 3 rings (SSSR count). The molecule has 0 bridgehead atoms. The summed E-state index contributed by atoms with van der Waals surface area (Å²) in [5, 5.41) is 11.4.